The van der Waals surface area contributed by atoms with Crippen LogP contribution in [0.4, 0.5) is 0 Å². The third kappa shape index (κ3) is 4.74. The molecule has 1 rings (SSSR count). The van der Waals surface area contributed by atoms with E-state index < -0.39 is 0 Å². The molecule has 1 amide bonds. The zero-order chi connectivity index (χ0) is 15.0. The molecular formula is C15H24N2O3. The number of phenols is 1. The molecule has 0 saturated carbocycles. The summed E-state index contributed by atoms with van der Waals surface area (Å²) in [6.45, 7) is 6.57. The lowest BCUT2D eigenvalue weighted by molar-refractivity contribution is -0.130. The lowest BCUT2D eigenvalue weighted by Gasteiger charge is -2.18. The van der Waals surface area contributed by atoms with Gasteiger partial charge in [-0.2, -0.15) is 0 Å². The van der Waals surface area contributed by atoms with Crippen molar-refractivity contribution in [1.82, 2.24) is 10.2 Å². The predicted molar refractivity (Wildman–Crippen MR) is 78.9 cm³/mol. The molecule has 2 N–H and O–H groups in total. The number of carbonyl (C=O) groups excluding carboxylic acids is 1. The molecule has 0 aromatic heterocycles. The Bertz CT molecular complexity index is 431. The van der Waals surface area contributed by atoms with E-state index >= 15 is 0 Å². The first-order valence-corrected chi connectivity index (χ1v) is 6.96. The predicted octanol–water partition coefficient (Wildman–Crippen LogP) is 1.75. The number of ether oxygens (including phenoxy) is 1. The van der Waals surface area contributed by atoms with Gasteiger partial charge in [0.15, 0.2) is 0 Å². The van der Waals surface area contributed by atoms with E-state index in [0.717, 1.165) is 18.7 Å². The molecule has 0 spiro atoms. The standard InChI is InChI=1S/C15H24N2O3/c1-4-17(5-2)15(19)8-9-16-11-12-6-7-13(20-3)10-14(12)18/h6-7,10,16,18H,4-5,8-9,11H2,1-3H3. The summed E-state index contributed by atoms with van der Waals surface area (Å²) in [4.78, 5) is 13.6. The Hall–Kier alpha value is -1.75. The van der Waals surface area contributed by atoms with Gasteiger partial charge < -0.3 is 20.1 Å². The van der Waals surface area contributed by atoms with Crippen LogP contribution in [0.1, 0.15) is 25.8 Å². The highest BCUT2D eigenvalue weighted by atomic mass is 16.5. The average molecular weight is 280 g/mol. The fraction of sp³-hybridized carbons (Fsp3) is 0.533. The molecule has 112 valence electrons. The molecule has 0 fully saturated rings. The second-order valence-electron chi connectivity index (χ2n) is 4.49. The minimum atomic E-state index is 0.154. The molecule has 0 bridgehead atoms. The number of aromatic hydroxyl groups is 1. The Balaban J connectivity index is 2.36. The fourth-order valence-electron chi connectivity index (χ4n) is 1.97. The number of nitrogens with zero attached hydrogens (tertiary/aromatic N) is 1. The van der Waals surface area contributed by atoms with Crippen LogP contribution in [0.2, 0.25) is 0 Å². The number of carbonyl (C=O) groups is 1. The molecule has 1 aromatic carbocycles. The first-order valence-electron chi connectivity index (χ1n) is 6.96. The topological polar surface area (TPSA) is 61.8 Å². The normalized spacial score (nSPS) is 10.3. The van der Waals surface area contributed by atoms with Gasteiger partial charge in [0.05, 0.1) is 7.11 Å². The highest BCUT2D eigenvalue weighted by Crippen LogP contribution is 2.22. The molecule has 0 radical (unpaired) electrons. The van der Waals surface area contributed by atoms with E-state index in [1.165, 1.54) is 0 Å². The number of nitrogens with one attached hydrogen (secondary N) is 1. The highest BCUT2D eigenvalue weighted by Gasteiger charge is 2.08. The van der Waals surface area contributed by atoms with Crippen LogP contribution in [0.15, 0.2) is 18.2 Å². The highest BCUT2D eigenvalue weighted by molar-refractivity contribution is 5.76. The minimum Gasteiger partial charge on any atom is -0.507 e. The number of benzene rings is 1. The van der Waals surface area contributed by atoms with E-state index in [1.807, 2.05) is 24.8 Å². The van der Waals surface area contributed by atoms with Crippen molar-refractivity contribution in [2.24, 2.45) is 0 Å². The maximum atomic E-state index is 11.8. The summed E-state index contributed by atoms with van der Waals surface area (Å²) >= 11 is 0. The van der Waals surface area contributed by atoms with Crippen molar-refractivity contribution in [3.63, 3.8) is 0 Å². The SMILES string of the molecule is CCN(CC)C(=O)CCNCc1ccc(OC)cc1O. The van der Waals surface area contributed by atoms with E-state index in [1.54, 1.807) is 19.2 Å². The largest absolute Gasteiger partial charge is 0.507 e. The summed E-state index contributed by atoms with van der Waals surface area (Å²) in [6, 6.07) is 5.20. The number of rotatable bonds is 8. The number of methoxy groups -OCH3 is 1. The van der Waals surface area contributed by atoms with Crippen molar-refractivity contribution in [3.05, 3.63) is 23.8 Å². The van der Waals surface area contributed by atoms with Crippen LogP contribution in [-0.4, -0.2) is 42.7 Å². The van der Waals surface area contributed by atoms with Crippen molar-refractivity contribution in [2.75, 3.05) is 26.7 Å². The second kappa shape index (κ2) is 8.43. The second-order valence-corrected chi connectivity index (χ2v) is 4.49. The molecule has 0 aliphatic carbocycles. The molecule has 1 aromatic rings. The lowest BCUT2D eigenvalue weighted by atomic mass is 10.2. The Morgan fingerprint density at radius 3 is 2.60 bits per heavy atom. The molecular weight excluding hydrogens is 256 g/mol. The van der Waals surface area contributed by atoms with Crippen LogP contribution in [0.25, 0.3) is 0 Å². The van der Waals surface area contributed by atoms with Crippen LogP contribution in [0.5, 0.6) is 11.5 Å². The van der Waals surface area contributed by atoms with E-state index in [4.69, 9.17) is 4.74 Å². The van der Waals surface area contributed by atoms with E-state index in [2.05, 4.69) is 5.32 Å². The van der Waals surface area contributed by atoms with Crippen LogP contribution in [-0.2, 0) is 11.3 Å². The zero-order valence-electron chi connectivity index (χ0n) is 12.5. The smallest absolute Gasteiger partial charge is 0.223 e. The maximum Gasteiger partial charge on any atom is 0.223 e. The first-order chi connectivity index (χ1) is 9.62. The van der Waals surface area contributed by atoms with Gasteiger partial charge in [0.2, 0.25) is 5.91 Å². The van der Waals surface area contributed by atoms with E-state index in [9.17, 15) is 9.90 Å². The third-order valence-electron chi connectivity index (χ3n) is 3.24. The van der Waals surface area contributed by atoms with Gasteiger partial charge in [0.25, 0.3) is 0 Å². The average Bonchev–Trinajstić information content (AvgIpc) is 2.46. The summed E-state index contributed by atoms with van der Waals surface area (Å²) in [5.74, 6) is 0.983. The Morgan fingerprint density at radius 1 is 1.35 bits per heavy atom. The van der Waals surface area contributed by atoms with Crippen LogP contribution >= 0.6 is 0 Å². The summed E-state index contributed by atoms with van der Waals surface area (Å²) in [5.41, 5.74) is 0.793. The van der Waals surface area contributed by atoms with Gasteiger partial charge in [-0.15, -0.1) is 0 Å². The summed E-state index contributed by atoms with van der Waals surface area (Å²) < 4.78 is 5.03. The van der Waals surface area contributed by atoms with Crippen molar-refractivity contribution >= 4 is 5.91 Å². The van der Waals surface area contributed by atoms with Crippen LogP contribution in [0, 0.1) is 0 Å². The summed E-state index contributed by atoms with van der Waals surface area (Å²) in [7, 11) is 1.56. The van der Waals surface area contributed by atoms with Gasteiger partial charge in [-0.25, -0.2) is 0 Å². The van der Waals surface area contributed by atoms with Gasteiger partial charge in [-0.3, -0.25) is 4.79 Å². The Labute approximate surface area is 120 Å². The number of phenolic OH excluding ortho intramolecular Hbond substituents is 1. The van der Waals surface area contributed by atoms with Gasteiger partial charge in [0.1, 0.15) is 11.5 Å². The molecule has 5 heteroatoms. The lowest BCUT2D eigenvalue weighted by Crippen LogP contribution is -2.32. The van der Waals surface area contributed by atoms with Crippen LogP contribution in [0.3, 0.4) is 0 Å². The Kier molecular flexibility index (Phi) is 6.87. The molecule has 5 nitrogen and oxygen atoms in total. The minimum absolute atomic E-state index is 0.154. The molecule has 0 aliphatic rings. The van der Waals surface area contributed by atoms with Gasteiger partial charge in [-0.05, 0) is 19.9 Å². The van der Waals surface area contributed by atoms with Crippen LogP contribution < -0.4 is 10.1 Å². The Morgan fingerprint density at radius 2 is 2.05 bits per heavy atom. The molecule has 0 aliphatic heterocycles. The van der Waals surface area contributed by atoms with Crippen molar-refractivity contribution < 1.29 is 14.6 Å². The summed E-state index contributed by atoms with van der Waals surface area (Å²) in [5, 5.41) is 13.0. The third-order valence-corrected chi connectivity index (χ3v) is 3.24. The fourth-order valence-corrected chi connectivity index (χ4v) is 1.97. The van der Waals surface area contributed by atoms with Gasteiger partial charge in [-0.1, -0.05) is 6.07 Å². The number of amides is 1. The van der Waals surface area contributed by atoms with E-state index in [-0.39, 0.29) is 11.7 Å². The molecule has 0 saturated heterocycles. The maximum absolute atomic E-state index is 11.8. The van der Waals surface area contributed by atoms with E-state index in [0.29, 0.717) is 25.3 Å². The first kappa shape index (κ1) is 16.3. The number of hydrogen-bond acceptors (Lipinski definition) is 4. The molecule has 0 heterocycles. The van der Waals surface area contributed by atoms with Gasteiger partial charge >= 0.3 is 0 Å². The van der Waals surface area contributed by atoms with Crippen molar-refractivity contribution in [3.8, 4) is 11.5 Å². The molecule has 0 atom stereocenters. The zero-order valence-corrected chi connectivity index (χ0v) is 12.5. The quantitative estimate of drug-likeness (QED) is 0.712. The van der Waals surface area contributed by atoms with Crippen molar-refractivity contribution in [1.29, 1.82) is 0 Å². The molecule has 0 unspecified atom stereocenters. The van der Waals surface area contributed by atoms with Crippen molar-refractivity contribution in [2.45, 2.75) is 26.8 Å². The molecule has 20 heavy (non-hydrogen) atoms. The monoisotopic (exact) mass is 280 g/mol. The summed E-state index contributed by atoms with van der Waals surface area (Å²) in [6.07, 6.45) is 0.471. The van der Waals surface area contributed by atoms with Gasteiger partial charge in [0, 0.05) is 44.2 Å². The number of hydrogen-bond donors (Lipinski definition) is 2.